The van der Waals surface area contributed by atoms with Gasteiger partial charge in [-0.1, -0.05) is 24.3 Å². The molecule has 0 saturated carbocycles. The summed E-state index contributed by atoms with van der Waals surface area (Å²) in [6, 6.07) is 13.7. The molecule has 0 N–H and O–H groups in total. The molecule has 1 heterocycles. The van der Waals surface area contributed by atoms with E-state index in [2.05, 4.69) is 4.98 Å². The topological polar surface area (TPSA) is 68.7 Å². The lowest BCUT2D eigenvalue weighted by Crippen LogP contribution is -2.38. The Bertz CT molecular complexity index is 622. The molecule has 7 heteroatoms. The van der Waals surface area contributed by atoms with Crippen LogP contribution in [-0.4, -0.2) is 30.2 Å². The number of benzene rings is 1. The summed E-state index contributed by atoms with van der Waals surface area (Å²) in [5.74, 6) is -0.346. The number of esters is 1. The summed E-state index contributed by atoms with van der Waals surface area (Å²) in [7, 11) is 0. The minimum absolute atomic E-state index is 0. The predicted octanol–water partition coefficient (Wildman–Crippen LogP) is 3.07. The standard InChI is InChI=1S/C16H16N2O4.ClH/c1-2-21-15(19)12-18(13-8-4-3-5-9-13)16(20)22-14-10-6-7-11-17-14;/h3-11H,2,12H2,1H3;1H. The van der Waals surface area contributed by atoms with Crippen LogP contribution in [0.25, 0.3) is 0 Å². The Morgan fingerprint density at radius 3 is 2.39 bits per heavy atom. The Morgan fingerprint density at radius 2 is 1.78 bits per heavy atom. The molecule has 1 aromatic carbocycles. The molecule has 0 unspecified atom stereocenters. The molecule has 0 spiro atoms. The highest BCUT2D eigenvalue weighted by atomic mass is 35.5. The van der Waals surface area contributed by atoms with Crippen LogP contribution in [0.1, 0.15) is 6.92 Å². The van der Waals surface area contributed by atoms with Crippen LogP contribution in [0.5, 0.6) is 5.88 Å². The van der Waals surface area contributed by atoms with Gasteiger partial charge in [0.15, 0.2) is 0 Å². The maximum atomic E-state index is 12.3. The summed E-state index contributed by atoms with van der Waals surface area (Å²) in [6.45, 7) is 1.72. The Balaban J connectivity index is 0.00000264. The molecule has 0 aliphatic carbocycles. The molecule has 0 saturated heterocycles. The first-order valence-electron chi connectivity index (χ1n) is 6.81. The molecule has 6 nitrogen and oxygen atoms in total. The van der Waals surface area contributed by atoms with Crippen LogP contribution in [0.3, 0.4) is 0 Å². The molecule has 23 heavy (non-hydrogen) atoms. The summed E-state index contributed by atoms with van der Waals surface area (Å²) < 4.78 is 10.1. The Kier molecular flexibility index (Phi) is 7.56. The molecule has 0 fully saturated rings. The molecule has 2 aromatic rings. The van der Waals surface area contributed by atoms with Crippen LogP contribution in [0, 0.1) is 0 Å². The van der Waals surface area contributed by atoms with E-state index in [0.29, 0.717) is 5.69 Å². The lowest BCUT2D eigenvalue weighted by molar-refractivity contribution is -0.141. The van der Waals surface area contributed by atoms with Gasteiger partial charge < -0.3 is 9.47 Å². The van der Waals surface area contributed by atoms with Gasteiger partial charge in [0, 0.05) is 18.0 Å². The van der Waals surface area contributed by atoms with Crippen LogP contribution in [0.4, 0.5) is 10.5 Å². The van der Waals surface area contributed by atoms with Crippen LogP contribution >= 0.6 is 12.4 Å². The van der Waals surface area contributed by atoms with Crippen molar-refractivity contribution < 1.29 is 19.1 Å². The van der Waals surface area contributed by atoms with Crippen molar-refractivity contribution in [1.29, 1.82) is 0 Å². The van der Waals surface area contributed by atoms with Gasteiger partial charge in [0.2, 0.25) is 5.88 Å². The Hall–Kier alpha value is -2.60. The molecular weight excluding hydrogens is 320 g/mol. The van der Waals surface area contributed by atoms with Gasteiger partial charge in [-0.15, -0.1) is 12.4 Å². The number of aromatic nitrogens is 1. The minimum atomic E-state index is -0.696. The number of halogens is 1. The van der Waals surface area contributed by atoms with Crippen molar-refractivity contribution in [2.24, 2.45) is 0 Å². The molecule has 0 radical (unpaired) electrons. The predicted molar refractivity (Wildman–Crippen MR) is 87.9 cm³/mol. The number of ether oxygens (including phenoxy) is 2. The van der Waals surface area contributed by atoms with E-state index in [1.165, 1.54) is 11.1 Å². The number of carbonyl (C=O) groups is 2. The second kappa shape index (κ2) is 9.42. The van der Waals surface area contributed by atoms with Crippen molar-refractivity contribution >= 4 is 30.2 Å². The van der Waals surface area contributed by atoms with Crippen LogP contribution in [-0.2, 0) is 9.53 Å². The average molecular weight is 337 g/mol. The molecule has 1 amide bonds. The van der Waals surface area contributed by atoms with E-state index in [1.807, 2.05) is 6.07 Å². The molecule has 0 aliphatic rings. The third-order valence-corrected chi connectivity index (χ3v) is 2.71. The zero-order chi connectivity index (χ0) is 15.8. The zero-order valence-corrected chi connectivity index (χ0v) is 13.4. The monoisotopic (exact) mass is 336 g/mol. The Morgan fingerprint density at radius 1 is 1.09 bits per heavy atom. The number of carbonyl (C=O) groups excluding carboxylic acids is 2. The summed E-state index contributed by atoms with van der Waals surface area (Å²) in [5.41, 5.74) is 0.538. The number of nitrogens with zero attached hydrogens (tertiary/aromatic N) is 2. The SMILES string of the molecule is CCOC(=O)CN(C(=O)Oc1ccccn1)c1ccccc1.Cl. The number of hydrogen-bond acceptors (Lipinski definition) is 5. The fourth-order valence-electron chi connectivity index (χ4n) is 1.76. The van der Waals surface area contributed by atoms with E-state index in [1.54, 1.807) is 49.4 Å². The van der Waals surface area contributed by atoms with Gasteiger partial charge >= 0.3 is 12.1 Å². The van der Waals surface area contributed by atoms with Gasteiger partial charge in [-0.3, -0.25) is 9.69 Å². The zero-order valence-electron chi connectivity index (χ0n) is 12.5. The van der Waals surface area contributed by atoms with Crippen molar-refractivity contribution in [3.63, 3.8) is 0 Å². The quantitative estimate of drug-likeness (QED) is 0.785. The lowest BCUT2D eigenvalue weighted by atomic mass is 10.3. The number of rotatable bonds is 5. The summed E-state index contributed by atoms with van der Waals surface area (Å²) >= 11 is 0. The number of amides is 1. The third-order valence-electron chi connectivity index (χ3n) is 2.71. The van der Waals surface area contributed by atoms with Gasteiger partial charge in [0.25, 0.3) is 0 Å². The fraction of sp³-hybridized carbons (Fsp3) is 0.188. The second-order valence-electron chi connectivity index (χ2n) is 4.26. The van der Waals surface area contributed by atoms with E-state index >= 15 is 0 Å². The highest BCUT2D eigenvalue weighted by molar-refractivity contribution is 5.94. The number of anilines is 1. The first kappa shape index (κ1) is 18.4. The largest absolute Gasteiger partial charge is 0.465 e. The summed E-state index contributed by atoms with van der Waals surface area (Å²) in [6.07, 6.45) is 0.818. The fourth-order valence-corrected chi connectivity index (χ4v) is 1.76. The molecular formula is C16H17ClN2O4. The number of hydrogen-bond donors (Lipinski definition) is 0. The van der Waals surface area contributed by atoms with E-state index in [4.69, 9.17) is 9.47 Å². The van der Waals surface area contributed by atoms with Crippen LogP contribution in [0.2, 0.25) is 0 Å². The molecule has 122 valence electrons. The number of para-hydroxylation sites is 1. The Labute approximate surface area is 140 Å². The van der Waals surface area contributed by atoms with Crippen LogP contribution < -0.4 is 9.64 Å². The van der Waals surface area contributed by atoms with Crippen molar-refractivity contribution in [2.75, 3.05) is 18.1 Å². The van der Waals surface area contributed by atoms with Crippen molar-refractivity contribution in [3.8, 4) is 5.88 Å². The normalized spacial score (nSPS) is 9.43. The van der Waals surface area contributed by atoms with E-state index in [0.717, 1.165) is 0 Å². The summed E-state index contributed by atoms with van der Waals surface area (Å²) in [5, 5.41) is 0. The van der Waals surface area contributed by atoms with Crippen molar-refractivity contribution in [3.05, 3.63) is 54.7 Å². The molecule has 2 rings (SSSR count). The smallest absolute Gasteiger partial charge is 0.421 e. The average Bonchev–Trinajstić information content (AvgIpc) is 2.54. The van der Waals surface area contributed by atoms with Gasteiger partial charge in [-0.05, 0) is 25.1 Å². The third kappa shape index (κ3) is 5.60. The van der Waals surface area contributed by atoms with E-state index in [-0.39, 0.29) is 31.4 Å². The minimum Gasteiger partial charge on any atom is -0.465 e. The molecule has 0 bridgehead atoms. The van der Waals surface area contributed by atoms with Gasteiger partial charge in [-0.25, -0.2) is 9.78 Å². The van der Waals surface area contributed by atoms with Crippen molar-refractivity contribution in [2.45, 2.75) is 6.92 Å². The maximum absolute atomic E-state index is 12.3. The van der Waals surface area contributed by atoms with Gasteiger partial charge in [0.1, 0.15) is 6.54 Å². The van der Waals surface area contributed by atoms with Gasteiger partial charge in [-0.2, -0.15) is 0 Å². The van der Waals surface area contributed by atoms with Gasteiger partial charge in [0.05, 0.1) is 6.61 Å². The van der Waals surface area contributed by atoms with E-state index in [9.17, 15) is 9.59 Å². The van der Waals surface area contributed by atoms with Crippen molar-refractivity contribution in [1.82, 2.24) is 4.98 Å². The highest BCUT2D eigenvalue weighted by Gasteiger charge is 2.22. The molecule has 0 atom stereocenters. The number of pyridine rings is 1. The van der Waals surface area contributed by atoms with Crippen LogP contribution in [0.15, 0.2) is 54.7 Å². The maximum Gasteiger partial charge on any atom is 0.421 e. The molecule has 1 aromatic heterocycles. The highest BCUT2D eigenvalue weighted by Crippen LogP contribution is 2.16. The first-order chi connectivity index (χ1) is 10.7. The summed E-state index contributed by atoms with van der Waals surface area (Å²) in [4.78, 5) is 29.1. The molecule has 0 aliphatic heterocycles. The lowest BCUT2D eigenvalue weighted by Gasteiger charge is -2.20. The second-order valence-corrected chi connectivity index (χ2v) is 4.26. The van der Waals surface area contributed by atoms with E-state index < -0.39 is 12.1 Å². The first-order valence-corrected chi connectivity index (χ1v) is 6.81.